The van der Waals surface area contributed by atoms with Crippen molar-refractivity contribution >= 4 is 0 Å². The van der Waals surface area contributed by atoms with Gasteiger partial charge in [-0.2, -0.15) is 0 Å². The van der Waals surface area contributed by atoms with E-state index in [0.717, 1.165) is 13.0 Å². The predicted octanol–water partition coefficient (Wildman–Crippen LogP) is 3.09. The Morgan fingerprint density at radius 2 is 2.14 bits per heavy atom. The lowest BCUT2D eigenvalue weighted by Crippen LogP contribution is -2.59. The Bertz CT molecular complexity index is 571. The summed E-state index contributed by atoms with van der Waals surface area (Å²) >= 11 is 0. The second kappa shape index (κ2) is 4.64. The summed E-state index contributed by atoms with van der Waals surface area (Å²) in [5, 5.41) is 10.8. The van der Waals surface area contributed by atoms with Gasteiger partial charge in [-0.25, -0.2) is 0 Å². The van der Waals surface area contributed by atoms with Crippen molar-refractivity contribution in [1.29, 1.82) is 0 Å². The quantitative estimate of drug-likeness (QED) is 0.861. The summed E-state index contributed by atoms with van der Waals surface area (Å²) in [6.45, 7) is 1.15. The van der Waals surface area contributed by atoms with E-state index < -0.39 is 0 Å². The maximum Gasteiger partial charge on any atom is 0.161 e. The van der Waals surface area contributed by atoms with E-state index in [1.54, 1.807) is 7.11 Å². The first-order valence-corrected chi connectivity index (χ1v) is 8.27. The van der Waals surface area contributed by atoms with Crippen LogP contribution in [-0.4, -0.2) is 36.8 Å². The fraction of sp³-hybridized carbons (Fsp3) is 0.667. The molecule has 1 heterocycles. The van der Waals surface area contributed by atoms with E-state index in [4.69, 9.17) is 4.74 Å². The number of methoxy groups -OCH3 is 1. The topological polar surface area (TPSA) is 32.7 Å². The Kier molecular flexibility index (Phi) is 2.97. The molecule has 2 aliphatic carbocycles. The minimum absolute atomic E-state index is 0.196. The summed E-state index contributed by atoms with van der Waals surface area (Å²) in [6, 6.07) is 4.77. The average molecular weight is 287 g/mol. The fourth-order valence-electron chi connectivity index (χ4n) is 5.45. The van der Waals surface area contributed by atoms with Crippen LogP contribution >= 0.6 is 0 Å². The normalized spacial score (nSPS) is 35.0. The number of piperidine rings is 1. The zero-order valence-electron chi connectivity index (χ0n) is 13.1. The molecule has 0 radical (unpaired) electrons. The molecular formula is C18H25NO2. The maximum atomic E-state index is 10.8. The van der Waals surface area contributed by atoms with Gasteiger partial charge in [0.2, 0.25) is 0 Å². The van der Waals surface area contributed by atoms with Gasteiger partial charge in [0.05, 0.1) is 7.11 Å². The highest BCUT2D eigenvalue weighted by molar-refractivity contribution is 5.56. The summed E-state index contributed by atoms with van der Waals surface area (Å²) in [7, 11) is 3.93. The van der Waals surface area contributed by atoms with Crippen molar-refractivity contribution < 1.29 is 9.84 Å². The first kappa shape index (κ1) is 13.4. The van der Waals surface area contributed by atoms with Crippen molar-refractivity contribution in [2.45, 2.75) is 50.0 Å². The lowest BCUT2D eigenvalue weighted by molar-refractivity contribution is 0.00132. The van der Waals surface area contributed by atoms with Gasteiger partial charge < -0.3 is 14.7 Å². The second-order valence-corrected chi connectivity index (χ2v) is 7.16. The summed E-state index contributed by atoms with van der Waals surface area (Å²) in [5.74, 6) is 1.77. The molecule has 0 spiro atoms. The van der Waals surface area contributed by atoms with E-state index in [9.17, 15) is 5.11 Å². The van der Waals surface area contributed by atoms with Crippen molar-refractivity contribution in [1.82, 2.24) is 4.90 Å². The molecule has 0 aromatic heterocycles. The standard InChI is InChI=1S/C18H25NO2/c1-19-10-9-18-8-4-3-5-13(18)14(19)11-12-6-7-15(21-2)17(20)16(12)18/h6-7,13-14,20H,3-5,8-11H2,1-2H3/t13?,14-,18-/m0/s1. The molecule has 2 fully saturated rings. The number of fused-ring (bicyclic) bond motifs is 1. The van der Waals surface area contributed by atoms with Gasteiger partial charge in [0.1, 0.15) is 0 Å². The minimum Gasteiger partial charge on any atom is -0.504 e. The Morgan fingerprint density at radius 1 is 1.29 bits per heavy atom. The van der Waals surface area contributed by atoms with E-state index in [1.165, 1.54) is 43.2 Å². The first-order valence-electron chi connectivity index (χ1n) is 8.27. The highest BCUT2D eigenvalue weighted by Crippen LogP contribution is 2.58. The molecule has 114 valence electrons. The van der Waals surface area contributed by atoms with Gasteiger partial charge in [0.25, 0.3) is 0 Å². The number of phenolic OH excluding ortho intramolecular Hbond substituents is 1. The lowest BCUT2D eigenvalue weighted by Gasteiger charge is -2.58. The smallest absolute Gasteiger partial charge is 0.161 e. The van der Waals surface area contributed by atoms with E-state index in [0.29, 0.717) is 23.5 Å². The first-order chi connectivity index (χ1) is 10.2. The zero-order valence-corrected chi connectivity index (χ0v) is 13.1. The van der Waals surface area contributed by atoms with Crippen molar-refractivity contribution in [2.24, 2.45) is 5.92 Å². The maximum absolute atomic E-state index is 10.8. The zero-order chi connectivity index (χ0) is 14.6. The Balaban J connectivity index is 1.93. The molecule has 0 amide bonds. The predicted molar refractivity (Wildman–Crippen MR) is 83.0 cm³/mol. The van der Waals surface area contributed by atoms with Crippen LogP contribution in [0.2, 0.25) is 0 Å². The van der Waals surface area contributed by atoms with Crippen LogP contribution in [0.4, 0.5) is 0 Å². The van der Waals surface area contributed by atoms with Gasteiger partial charge in [-0.15, -0.1) is 0 Å². The number of likely N-dealkylation sites (tertiary alicyclic amines) is 1. The van der Waals surface area contributed by atoms with Gasteiger partial charge >= 0.3 is 0 Å². The molecule has 1 unspecified atom stereocenters. The molecule has 3 nitrogen and oxygen atoms in total. The number of phenols is 1. The summed E-state index contributed by atoms with van der Waals surface area (Å²) < 4.78 is 5.39. The molecule has 1 aliphatic heterocycles. The van der Waals surface area contributed by atoms with Crippen LogP contribution in [0.1, 0.15) is 43.2 Å². The molecular weight excluding hydrogens is 262 g/mol. The number of ether oxygens (including phenoxy) is 1. The Morgan fingerprint density at radius 3 is 2.95 bits per heavy atom. The van der Waals surface area contributed by atoms with Crippen LogP contribution in [0.15, 0.2) is 12.1 Å². The minimum atomic E-state index is 0.196. The van der Waals surface area contributed by atoms with E-state index in [-0.39, 0.29) is 5.41 Å². The number of likely N-dealkylation sites (N-methyl/N-ethyl adjacent to an activating group) is 1. The van der Waals surface area contributed by atoms with Crippen LogP contribution < -0.4 is 4.74 Å². The van der Waals surface area contributed by atoms with Crippen LogP contribution in [0.25, 0.3) is 0 Å². The molecule has 3 heteroatoms. The second-order valence-electron chi connectivity index (χ2n) is 7.16. The Labute approximate surface area is 126 Å². The van der Waals surface area contributed by atoms with Crippen LogP contribution in [0.3, 0.4) is 0 Å². The molecule has 1 N–H and O–H groups in total. The number of nitrogens with zero attached hydrogens (tertiary/aromatic N) is 1. The molecule has 1 aromatic rings. The van der Waals surface area contributed by atoms with Gasteiger partial charge in [0.15, 0.2) is 11.5 Å². The van der Waals surface area contributed by atoms with Crippen LogP contribution in [0.5, 0.6) is 11.5 Å². The SMILES string of the molecule is COc1ccc2c(c1O)[C@]13CCCCC1[C@H](C2)N(C)CC3. The van der Waals surface area contributed by atoms with Crippen molar-refractivity contribution in [3.8, 4) is 11.5 Å². The molecule has 2 bridgehead atoms. The van der Waals surface area contributed by atoms with Crippen molar-refractivity contribution in [2.75, 3.05) is 20.7 Å². The van der Waals surface area contributed by atoms with Gasteiger partial charge in [-0.05, 0) is 56.8 Å². The Hall–Kier alpha value is -1.22. The average Bonchev–Trinajstić information content (AvgIpc) is 2.51. The summed E-state index contributed by atoms with van der Waals surface area (Å²) in [6.07, 6.45) is 7.44. The fourth-order valence-corrected chi connectivity index (χ4v) is 5.45. The van der Waals surface area contributed by atoms with Crippen molar-refractivity contribution in [3.05, 3.63) is 23.3 Å². The number of rotatable bonds is 1. The largest absolute Gasteiger partial charge is 0.504 e. The highest BCUT2D eigenvalue weighted by Gasteiger charge is 2.54. The molecule has 1 saturated heterocycles. The van der Waals surface area contributed by atoms with E-state index >= 15 is 0 Å². The highest BCUT2D eigenvalue weighted by atomic mass is 16.5. The number of hydrogen-bond acceptors (Lipinski definition) is 3. The monoisotopic (exact) mass is 287 g/mol. The van der Waals surface area contributed by atoms with E-state index in [2.05, 4.69) is 18.0 Å². The third-order valence-corrected chi connectivity index (χ3v) is 6.41. The van der Waals surface area contributed by atoms with Crippen LogP contribution in [-0.2, 0) is 11.8 Å². The van der Waals surface area contributed by atoms with Gasteiger partial charge in [-0.3, -0.25) is 0 Å². The molecule has 1 saturated carbocycles. The molecule has 3 aliphatic rings. The number of benzene rings is 1. The van der Waals surface area contributed by atoms with Crippen LogP contribution in [0, 0.1) is 5.92 Å². The number of hydrogen-bond donors (Lipinski definition) is 1. The van der Waals surface area contributed by atoms with E-state index in [1.807, 2.05) is 6.07 Å². The summed E-state index contributed by atoms with van der Waals surface area (Å²) in [5.41, 5.74) is 2.78. The molecule has 3 atom stereocenters. The molecule has 1 aromatic carbocycles. The molecule has 4 rings (SSSR count). The summed E-state index contributed by atoms with van der Waals surface area (Å²) in [4.78, 5) is 2.55. The third-order valence-electron chi connectivity index (χ3n) is 6.41. The lowest BCUT2D eigenvalue weighted by atomic mass is 9.52. The van der Waals surface area contributed by atoms with Crippen molar-refractivity contribution in [3.63, 3.8) is 0 Å². The third kappa shape index (κ3) is 1.70. The molecule has 21 heavy (non-hydrogen) atoms. The number of aromatic hydroxyl groups is 1. The van der Waals surface area contributed by atoms with Gasteiger partial charge in [-0.1, -0.05) is 18.9 Å². The van der Waals surface area contributed by atoms with Gasteiger partial charge in [0, 0.05) is 17.0 Å².